The average Bonchev–Trinajstić information content (AvgIpc) is 3.00. The highest BCUT2D eigenvalue weighted by Crippen LogP contribution is 2.37. The number of nitrogens with zero attached hydrogens (tertiary/aromatic N) is 1. The molecule has 0 unspecified atom stereocenters. The van der Waals surface area contributed by atoms with Crippen LogP contribution in [0.3, 0.4) is 0 Å². The minimum absolute atomic E-state index is 0.237. The quantitative estimate of drug-likeness (QED) is 0.300. The first kappa shape index (κ1) is 22.6. The normalized spacial score (nSPS) is 16.1. The van der Waals surface area contributed by atoms with E-state index in [9.17, 15) is 9.59 Å². The predicted molar refractivity (Wildman–Crippen MR) is 126 cm³/mol. The summed E-state index contributed by atoms with van der Waals surface area (Å²) in [6, 6.07) is 7.23. The number of carbonyl (C=O) groups is 2. The summed E-state index contributed by atoms with van der Waals surface area (Å²) in [5, 5.41) is 3.30. The molecule has 9 heteroatoms. The minimum Gasteiger partial charge on any atom is -0.493 e. The highest BCUT2D eigenvalue weighted by atomic mass is 79.9. The molecule has 1 aliphatic heterocycles. The first-order valence-electron chi connectivity index (χ1n) is 8.80. The molecule has 0 radical (unpaired) electrons. The summed E-state index contributed by atoms with van der Waals surface area (Å²) in [6.07, 6.45) is 1.73. The molecule has 6 nitrogen and oxygen atoms in total. The van der Waals surface area contributed by atoms with E-state index >= 15 is 0 Å². The molecule has 0 atom stereocenters. The van der Waals surface area contributed by atoms with E-state index in [1.807, 2.05) is 26.0 Å². The van der Waals surface area contributed by atoms with Gasteiger partial charge in [-0.25, -0.2) is 4.99 Å². The van der Waals surface area contributed by atoms with Crippen LogP contribution in [0.15, 0.2) is 43.1 Å². The van der Waals surface area contributed by atoms with Crippen LogP contribution in [0.2, 0.25) is 0 Å². The number of aliphatic imine (C=N–C) groups is 1. The van der Waals surface area contributed by atoms with Crippen molar-refractivity contribution in [2.24, 2.45) is 4.99 Å². The molecular formula is C21H18Br2N2O4S. The van der Waals surface area contributed by atoms with Crippen LogP contribution in [-0.2, 0) is 9.59 Å². The summed E-state index contributed by atoms with van der Waals surface area (Å²) in [5.74, 6) is -0.000302. The summed E-state index contributed by atoms with van der Waals surface area (Å²) in [5.41, 5.74) is 3.62. The fourth-order valence-corrected chi connectivity index (χ4v) is 4.28. The molecule has 1 saturated heterocycles. The largest absolute Gasteiger partial charge is 0.493 e. The van der Waals surface area contributed by atoms with Gasteiger partial charge in [-0.3, -0.25) is 9.59 Å². The van der Waals surface area contributed by atoms with Crippen molar-refractivity contribution in [1.29, 1.82) is 0 Å². The number of rotatable bonds is 4. The zero-order valence-electron chi connectivity index (χ0n) is 16.6. The van der Waals surface area contributed by atoms with Gasteiger partial charge in [-0.15, -0.1) is 0 Å². The molecule has 2 aromatic rings. The Bertz CT molecular complexity index is 1090. The van der Waals surface area contributed by atoms with Crippen LogP contribution in [0.5, 0.6) is 11.5 Å². The highest BCUT2D eigenvalue weighted by molar-refractivity contribution is 9.10. The number of hydrogen-bond donors (Lipinski definition) is 1. The van der Waals surface area contributed by atoms with Gasteiger partial charge in [-0.05, 0) is 72.6 Å². The smallest absolute Gasteiger partial charge is 0.308 e. The molecule has 0 aliphatic carbocycles. The topological polar surface area (TPSA) is 77.0 Å². The molecule has 2 aromatic carbocycles. The van der Waals surface area contributed by atoms with Gasteiger partial charge in [0.2, 0.25) is 0 Å². The molecule has 1 N–H and O–H groups in total. The van der Waals surface area contributed by atoms with Gasteiger partial charge in [0, 0.05) is 15.9 Å². The Morgan fingerprint density at radius 3 is 2.40 bits per heavy atom. The second-order valence-electron chi connectivity index (χ2n) is 6.49. The fourth-order valence-electron chi connectivity index (χ4n) is 2.78. The standard InChI is InChI=1S/C21H18Br2N2O4S/c1-10-5-14(6-11(2)19(10)23)24-21-25-20(27)18(30-21)8-13-7-16(28-4)17(9-15(13)22)29-12(3)26/h5-9H,1-4H3,(H,24,25,27)/b18-8-. The highest BCUT2D eigenvalue weighted by Gasteiger charge is 2.24. The molecule has 156 valence electrons. The summed E-state index contributed by atoms with van der Waals surface area (Å²) in [4.78, 5) is 28.8. The van der Waals surface area contributed by atoms with Crippen molar-refractivity contribution in [1.82, 2.24) is 5.32 Å². The number of esters is 1. The number of amides is 1. The molecule has 0 aromatic heterocycles. The van der Waals surface area contributed by atoms with E-state index in [1.54, 1.807) is 18.2 Å². The van der Waals surface area contributed by atoms with Crippen molar-refractivity contribution >= 4 is 72.4 Å². The van der Waals surface area contributed by atoms with Crippen molar-refractivity contribution in [2.75, 3.05) is 7.11 Å². The third-order valence-electron chi connectivity index (χ3n) is 4.13. The number of thioether (sulfide) groups is 1. The fraction of sp³-hybridized carbons (Fsp3) is 0.190. The Balaban J connectivity index is 1.90. The Morgan fingerprint density at radius 2 is 1.80 bits per heavy atom. The van der Waals surface area contributed by atoms with Crippen molar-refractivity contribution in [3.8, 4) is 11.5 Å². The number of amidine groups is 1. The number of benzene rings is 2. The lowest BCUT2D eigenvalue weighted by Gasteiger charge is -2.10. The van der Waals surface area contributed by atoms with Crippen LogP contribution in [0.1, 0.15) is 23.6 Å². The third-order valence-corrected chi connectivity index (χ3v) is 6.97. The molecule has 1 amide bonds. The maximum Gasteiger partial charge on any atom is 0.308 e. The molecule has 1 heterocycles. The van der Waals surface area contributed by atoms with E-state index < -0.39 is 5.97 Å². The Morgan fingerprint density at radius 1 is 1.13 bits per heavy atom. The van der Waals surface area contributed by atoms with Crippen LogP contribution < -0.4 is 14.8 Å². The molecule has 0 bridgehead atoms. The number of nitrogens with one attached hydrogen (secondary N) is 1. The molecule has 1 fully saturated rings. The average molecular weight is 554 g/mol. The number of halogens is 2. The zero-order chi connectivity index (χ0) is 22.0. The summed E-state index contributed by atoms with van der Waals surface area (Å²) in [7, 11) is 1.48. The van der Waals surface area contributed by atoms with E-state index in [2.05, 4.69) is 42.2 Å². The van der Waals surface area contributed by atoms with E-state index in [0.717, 1.165) is 21.3 Å². The van der Waals surface area contributed by atoms with Crippen molar-refractivity contribution in [3.05, 3.63) is 54.8 Å². The van der Waals surface area contributed by atoms with Gasteiger partial charge < -0.3 is 14.8 Å². The summed E-state index contributed by atoms with van der Waals surface area (Å²) < 4.78 is 12.2. The Kier molecular flexibility index (Phi) is 7.05. The van der Waals surface area contributed by atoms with Gasteiger partial charge in [-0.1, -0.05) is 31.9 Å². The van der Waals surface area contributed by atoms with E-state index in [1.165, 1.54) is 25.8 Å². The monoisotopic (exact) mass is 552 g/mol. The van der Waals surface area contributed by atoms with Crippen LogP contribution in [-0.4, -0.2) is 24.2 Å². The van der Waals surface area contributed by atoms with Crippen LogP contribution in [0.25, 0.3) is 6.08 Å². The summed E-state index contributed by atoms with van der Waals surface area (Å²) in [6.45, 7) is 5.31. The Hall–Kier alpha value is -2.10. The van der Waals surface area contributed by atoms with E-state index in [0.29, 0.717) is 31.6 Å². The SMILES string of the molecule is COc1cc(/C=C2\SC(=Nc3cc(C)c(Br)c(C)c3)NC2=O)c(Br)cc1OC(C)=O. The van der Waals surface area contributed by atoms with Gasteiger partial charge in [0.15, 0.2) is 16.7 Å². The van der Waals surface area contributed by atoms with Gasteiger partial charge in [0.05, 0.1) is 17.7 Å². The van der Waals surface area contributed by atoms with E-state index in [-0.39, 0.29) is 5.91 Å². The molecular weight excluding hydrogens is 536 g/mol. The number of aryl methyl sites for hydroxylation is 2. The first-order chi connectivity index (χ1) is 14.2. The number of ether oxygens (including phenoxy) is 2. The molecule has 3 rings (SSSR count). The van der Waals surface area contributed by atoms with Crippen LogP contribution >= 0.6 is 43.6 Å². The van der Waals surface area contributed by atoms with E-state index in [4.69, 9.17) is 9.47 Å². The lowest BCUT2D eigenvalue weighted by molar-refractivity contribution is -0.132. The maximum atomic E-state index is 12.4. The molecule has 0 spiro atoms. The lowest BCUT2D eigenvalue weighted by Crippen LogP contribution is -2.19. The minimum atomic E-state index is -0.448. The first-order valence-corrected chi connectivity index (χ1v) is 11.2. The second kappa shape index (κ2) is 9.36. The van der Waals surface area contributed by atoms with Crippen molar-refractivity contribution < 1.29 is 19.1 Å². The number of hydrogen-bond acceptors (Lipinski definition) is 6. The Labute approximate surface area is 195 Å². The number of methoxy groups -OCH3 is 1. The summed E-state index contributed by atoms with van der Waals surface area (Å²) >= 11 is 8.25. The third kappa shape index (κ3) is 5.14. The van der Waals surface area contributed by atoms with Gasteiger partial charge in [0.1, 0.15) is 0 Å². The molecule has 1 aliphatic rings. The molecule has 0 saturated carbocycles. The number of carbonyl (C=O) groups excluding carboxylic acids is 2. The predicted octanol–water partition coefficient (Wildman–Crippen LogP) is 5.65. The van der Waals surface area contributed by atoms with Crippen LogP contribution in [0.4, 0.5) is 5.69 Å². The maximum absolute atomic E-state index is 12.4. The van der Waals surface area contributed by atoms with Crippen molar-refractivity contribution in [3.63, 3.8) is 0 Å². The zero-order valence-corrected chi connectivity index (χ0v) is 20.6. The molecule has 30 heavy (non-hydrogen) atoms. The lowest BCUT2D eigenvalue weighted by atomic mass is 10.1. The van der Waals surface area contributed by atoms with Gasteiger partial charge in [0.25, 0.3) is 5.91 Å². The van der Waals surface area contributed by atoms with Crippen LogP contribution in [0, 0.1) is 13.8 Å². The van der Waals surface area contributed by atoms with Gasteiger partial charge in [-0.2, -0.15) is 0 Å². The van der Waals surface area contributed by atoms with Crippen molar-refractivity contribution in [2.45, 2.75) is 20.8 Å². The second-order valence-corrected chi connectivity index (χ2v) is 9.17. The van der Waals surface area contributed by atoms with Gasteiger partial charge >= 0.3 is 5.97 Å².